The van der Waals surface area contributed by atoms with Gasteiger partial charge in [-0.15, -0.1) is 0 Å². The average Bonchev–Trinajstić information content (AvgIpc) is 2.50. The van der Waals surface area contributed by atoms with Crippen LogP contribution >= 0.6 is 0 Å². The summed E-state index contributed by atoms with van der Waals surface area (Å²) in [5, 5.41) is 12.8. The Labute approximate surface area is 123 Å². The number of nitrogens with two attached hydrogens (primary N) is 1. The average molecular weight is 307 g/mol. The normalized spacial score (nSPS) is 12.7. The van der Waals surface area contributed by atoms with Gasteiger partial charge >= 0.3 is 0 Å². The number of benzene rings is 2. The quantitative estimate of drug-likeness (QED) is 0.248. The van der Waals surface area contributed by atoms with E-state index in [0.717, 1.165) is 5.39 Å². The van der Waals surface area contributed by atoms with Gasteiger partial charge in [-0.2, -0.15) is 0 Å². The molecule has 0 spiro atoms. The first-order chi connectivity index (χ1) is 10.0. The van der Waals surface area contributed by atoms with E-state index in [2.05, 4.69) is 9.88 Å². The SMILES string of the molecule is N/C(CCCNS(=O)(=O)c1cccc2ccccc12)=N/O. The molecule has 0 saturated carbocycles. The van der Waals surface area contributed by atoms with Crippen LogP contribution in [0.5, 0.6) is 0 Å². The number of sulfonamides is 1. The molecule has 4 N–H and O–H groups in total. The van der Waals surface area contributed by atoms with Gasteiger partial charge in [-0.1, -0.05) is 41.6 Å². The summed E-state index contributed by atoms with van der Waals surface area (Å²) in [7, 11) is -3.58. The second-order valence-electron chi connectivity index (χ2n) is 4.57. The fourth-order valence-electron chi connectivity index (χ4n) is 2.03. The lowest BCUT2D eigenvalue weighted by Crippen LogP contribution is -2.26. The number of fused-ring (bicyclic) bond motifs is 1. The van der Waals surface area contributed by atoms with E-state index in [1.807, 2.05) is 18.2 Å². The molecule has 7 heteroatoms. The highest BCUT2D eigenvalue weighted by Crippen LogP contribution is 2.22. The number of hydrogen-bond donors (Lipinski definition) is 3. The van der Waals surface area contributed by atoms with E-state index in [0.29, 0.717) is 18.2 Å². The van der Waals surface area contributed by atoms with Gasteiger partial charge in [0, 0.05) is 18.4 Å². The lowest BCUT2D eigenvalue weighted by molar-refractivity contribution is 0.316. The van der Waals surface area contributed by atoms with E-state index in [9.17, 15) is 8.42 Å². The summed E-state index contributed by atoms with van der Waals surface area (Å²) in [6.07, 6.45) is 0.786. The van der Waals surface area contributed by atoms with Crippen LogP contribution in [-0.4, -0.2) is 26.0 Å². The predicted molar refractivity (Wildman–Crippen MR) is 81.8 cm³/mol. The van der Waals surface area contributed by atoms with Crippen molar-refractivity contribution in [3.8, 4) is 0 Å². The van der Waals surface area contributed by atoms with Gasteiger partial charge in [0.1, 0.15) is 5.84 Å². The third kappa shape index (κ3) is 3.71. The van der Waals surface area contributed by atoms with Gasteiger partial charge in [-0.05, 0) is 17.9 Å². The van der Waals surface area contributed by atoms with Crippen molar-refractivity contribution in [1.29, 1.82) is 0 Å². The van der Waals surface area contributed by atoms with Gasteiger partial charge in [-0.25, -0.2) is 13.1 Å². The monoisotopic (exact) mass is 307 g/mol. The van der Waals surface area contributed by atoms with E-state index in [4.69, 9.17) is 10.9 Å². The predicted octanol–water partition coefficient (Wildman–Crippen LogP) is 1.64. The van der Waals surface area contributed by atoms with Crippen LogP contribution < -0.4 is 10.5 Å². The van der Waals surface area contributed by atoms with Crippen molar-refractivity contribution >= 4 is 26.6 Å². The van der Waals surface area contributed by atoms with Crippen LogP contribution in [0.4, 0.5) is 0 Å². The molecule has 6 nitrogen and oxygen atoms in total. The molecule has 2 aromatic carbocycles. The fourth-order valence-corrected chi connectivity index (χ4v) is 3.34. The lowest BCUT2D eigenvalue weighted by Gasteiger charge is -2.09. The first kappa shape index (κ1) is 15.3. The molecular formula is C14H17N3O3S. The maximum Gasteiger partial charge on any atom is 0.241 e. The van der Waals surface area contributed by atoms with Crippen LogP contribution in [0.1, 0.15) is 12.8 Å². The Kier molecular flexibility index (Phi) is 4.77. The standard InChI is InChI=1S/C14H17N3O3S/c15-14(17-18)9-4-10-16-21(19,20)13-8-3-6-11-5-1-2-7-12(11)13/h1-3,5-8,16,18H,4,9-10H2,(H2,15,17). The van der Waals surface area contributed by atoms with Crippen LogP contribution in [0.25, 0.3) is 10.8 Å². The minimum atomic E-state index is -3.58. The maximum atomic E-state index is 12.3. The summed E-state index contributed by atoms with van der Waals surface area (Å²) in [5.41, 5.74) is 5.33. The van der Waals surface area contributed by atoms with Gasteiger partial charge in [0.25, 0.3) is 0 Å². The lowest BCUT2D eigenvalue weighted by atomic mass is 10.1. The Balaban J connectivity index is 2.15. The summed E-state index contributed by atoms with van der Waals surface area (Å²) in [6, 6.07) is 12.5. The molecule has 0 aliphatic rings. The summed E-state index contributed by atoms with van der Waals surface area (Å²) in [5.74, 6) is 0.0827. The van der Waals surface area contributed by atoms with Gasteiger partial charge in [0.05, 0.1) is 4.90 Å². The molecule has 0 aliphatic carbocycles. The van der Waals surface area contributed by atoms with Crippen molar-refractivity contribution in [2.24, 2.45) is 10.9 Å². The van der Waals surface area contributed by atoms with Crippen LogP contribution in [0.2, 0.25) is 0 Å². The molecule has 0 aliphatic heterocycles. The van der Waals surface area contributed by atoms with E-state index >= 15 is 0 Å². The molecule has 2 rings (SSSR count). The van der Waals surface area contributed by atoms with Crippen LogP contribution in [0, 0.1) is 0 Å². The molecule has 2 aromatic rings. The highest BCUT2D eigenvalue weighted by molar-refractivity contribution is 7.89. The number of rotatable bonds is 6. The van der Waals surface area contributed by atoms with Gasteiger partial charge < -0.3 is 10.9 Å². The number of hydrogen-bond acceptors (Lipinski definition) is 4. The smallest absolute Gasteiger partial charge is 0.241 e. The second kappa shape index (κ2) is 6.55. The molecular weight excluding hydrogens is 290 g/mol. The number of nitrogens with one attached hydrogen (secondary N) is 1. The molecule has 0 aromatic heterocycles. The third-order valence-corrected chi connectivity index (χ3v) is 4.59. The van der Waals surface area contributed by atoms with E-state index in [1.54, 1.807) is 24.3 Å². The van der Waals surface area contributed by atoms with Crippen LogP contribution in [-0.2, 0) is 10.0 Å². The Hall–Kier alpha value is -2.12. The Bertz CT molecular complexity index is 752. The molecule has 0 amide bonds. The largest absolute Gasteiger partial charge is 0.409 e. The highest BCUT2D eigenvalue weighted by atomic mass is 32.2. The van der Waals surface area contributed by atoms with E-state index < -0.39 is 10.0 Å². The van der Waals surface area contributed by atoms with Crippen LogP contribution in [0.15, 0.2) is 52.5 Å². The van der Waals surface area contributed by atoms with Crippen molar-refractivity contribution < 1.29 is 13.6 Å². The third-order valence-electron chi connectivity index (χ3n) is 3.07. The minimum Gasteiger partial charge on any atom is -0.409 e. The molecule has 0 saturated heterocycles. The molecule has 112 valence electrons. The molecule has 0 atom stereocenters. The summed E-state index contributed by atoms with van der Waals surface area (Å²) in [6.45, 7) is 0.224. The number of nitrogens with zero attached hydrogens (tertiary/aromatic N) is 1. The fraction of sp³-hybridized carbons (Fsp3) is 0.214. The number of amidine groups is 1. The van der Waals surface area contributed by atoms with Gasteiger partial charge in [0.15, 0.2) is 0 Å². The minimum absolute atomic E-state index is 0.0827. The van der Waals surface area contributed by atoms with Crippen molar-refractivity contribution in [2.75, 3.05) is 6.54 Å². The summed E-state index contributed by atoms with van der Waals surface area (Å²) in [4.78, 5) is 0.254. The molecule has 21 heavy (non-hydrogen) atoms. The zero-order valence-electron chi connectivity index (χ0n) is 11.4. The Morgan fingerprint density at radius 1 is 1.19 bits per heavy atom. The van der Waals surface area contributed by atoms with E-state index in [-0.39, 0.29) is 17.3 Å². The maximum absolute atomic E-state index is 12.3. The second-order valence-corrected chi connectivity index (χ2v) is 6.31. The number of oxime groups is 1. The first-order valence-corrected chi connectivity index (χ1v) is 7.97. The Morgan fingerprint density at radius 2 is 1.90 bits per heavy atom. The zero-order chi connectivity index (χ0) is 15.3. The van der Waals surface area contributed by atoms with Crippen LogP contribution in [0.3, 0.4) is 0 Å². The topological polar surface area (TPSA) is 105 Å². The van der Waals surface area contributed by atoms with Crippen molar-refractivity contribution in [3.63, 3.8) is 0 Å². The Morgan fingerprint density at radius 3 is 2.67 bits per heavy atom. The highest BCUT2D eigenvalue weighted by Gasteiger charge is 2.16. The van der Waals surface area contributed by atoms with Gasteiger partial charge in [0.2, 0.25) is 10.0 Å². The van der Waals surface area contributed by atoms with Crippen molar-refractivity contribution in [1.82, 2.24) is 4.72 Å². The molecule has 0 radical (unpaired) electrons. The first-order valence-electron chi connectivity index (χ1n) is 6.48. The zero-order valence-corrected chi connectivity index (χ0v) is 12.2. The molecule has 0 fully saturated rings. The van der Waals surface area contributed by atoms with Gasteiger partial charge in [-0.3, -0.25) is 0 Å². The summed E-state index contributed by atoms with van der Waals surface area (Å²) < 4.78 is 27.2. The summed E-state index contributed by atoms with van der Waals surface area (Å²) >= 11 is 0. The van der Waals surface area contributed by atoms with Crippen molar-refractivity contribution in [2.45, 2.75) is 17.7 Å². The van der Waals surface area contributed by atoms with Crippen molar-refractivity contribution in [3.05, 3.63) is 42.5 Å². The molecule has 0 unspecified atom stereocenters. The molecule has 0 heterocycles. The molecule has 0 bridgehead atoms. The van der Waals surface area contributed by atoms with E-state index in [1.165, 1.54) is 0 Å².